The standard InChI is InChI=1S/C20H18ClN3O2/c21-17-4-2-1-3-16(17)18-5-6-19(26-18)20(25)24-13-11-23(12-14-24)15-7-9-22-10-8-15/h1-10H,11-14H2. The number of nitrogens with zero attached hydrogens (tertiary/aromatic N) is 3. The topological polar surface area (TPSA) is 49.6 Å². The number of carbonyl (C=O) groups is 1. The maximum atomic E-state index is 12.7. The van der Waals surface area contributed by atoms with Crippen molar-refractivity contribution in [3.8, 4) is 11.3 Å². The lowest BCUT2D eigenvalue weighted by Crippen LogP contribution is -2.48. The molecule has 4 rings (SSSR count). The number of hydrogen-bond acceptors (Lipinski definition) is 4. The Kier molecular flexibility index (Phi) is 4.63. The Balaban J connectivity index is 1.44. The molecule has 1 aliphatic rings. The molecule has 3 aromatic rings. The number of piperazine rings is 1. The predicted molar refractivity (Wildman–Crippen MR) is 102 cm³/mol. The highest BCUT2D eigenvalue weighted by atomic mass is 35.5. The number of aromatic nitrogens is 1. The van der Waals surface area contributed by atoms with Gasteiger partial charge in [-0.15, -0.1) is 0 Å². The van der Waals surface area contributed by atoms with Crippen LogP contribution < -0.4 is 4.90 Å². The molecule has 1 fully saturated rings. The highest BCUT2D eigenvalue weighted by Crippen LogP contribution is 2.29. The Morgan fingerprint density at radius 1 is 0.962 bits per heavy atom. The lowest BCUT2D eigenvalue weighted by Gasteiger charge is -2.35. The molecule has 0 spiro atoms. The number of benzene rings is 1. The van der Waals surface area contributed by atoms with Crippen LogP contribution in [-0.4, -0.2) is 42.0 Å². The van der Waals surface area contributed by atoms with Gasteiger partial charge >= 0.3 is 0 Å². The molecule has 0 N–H and O–H groups in total. The van der Waals surface area contributed by atoms with Gasteiger partial charge in [0.15, 0.2) is 5.76 Å². The molecule has 1 aliphatic heterocycles. The Morgan fingerprint density at radius 2 is 1.69 bits per heavy atom. The van der Waals surface area contributed by atoms with E-state index in [1.807, 2.05) is 35.2 Å². The maximum Gasteiger partial charge on any atom is 0.289 e. The number of carbonyl (C=O) groups excluding carboxylic acids is 1. The molecule has 0 unspecified atom stereocenters. The first-order chi connectivity index (χ1) is 12.7. The van der Waals surface area contributed by atoms with Crippen LogP contribution in [-0.2, 0) is 0 Å². The zero-order valence-electron chi connectivity index (χ0n) is 14.1. The summed E-state index contributed by atoms with van der Waals surface area (Å²) in [6.07, 6.45) is 3.57. The van der Waals surface area contributed by atoms with E-state index in [4.69, 9.17) is 16.0 Å². The second-order valence-electron chi connectivity index (χ2n) is 6.13. The number of amides is 1. The average molecular weight is 368 g/mol. The predicted octanol–water partition coefficient (Wildman–Crippen LogP) is 3.96. The maximum absolute atomic E-state index is 12.7. The van der Waals surface area contributed by atoms with E-state index in [0.29, 0.717) is 29.6 Å². The molecule has 6 heteroatoms. The lowest BCUT2D eigenvalue weighted by molar-refractivity contribution is 0.0715. The highest BCUT2D eigenvalue weighted by Gasteiger charge is 2.24. The second-order valence-corrected chi connectivity index (χ2v) is 6.54. The van der Waals surface area contributed by atoms with Crippen molar-refractivity contribution in [1.82, 2.24) is 9.88 Å². The molecule has 1 amide bonds. The largest absolute Gasteiger partial charge is 0.451 e. The van der Waals surface area contributed by atoms with E-state index in [-0.39, 0.29) is 5.91 Å². The third-order valence-electron chi connectivity index (χ3n) is 4.55. The molecule has 1 saturated heterocycles. The van der Waals surface area contributed by atoms with Crippen molar-refractivity contribution in [1.29, 1.82) is 0 Å². The number of furan rings is 1. The summed E-state index contributed by atoms with van der Waals surface area (Å²) >= 11 is 6.21. The van der Waals surface area contributed by atoms with Crippen LogP contribution in [0.1, 0.15) is 10.6 Å². The minimum absolute atomic E-state index is 0.0855. The molecule has 0 radical (unpaired) electrons. The van der Waals surface area contributed by atoms with Crippen molar-refractivity contribution in [3.05, 3.63) is 71.7 Å². The molecule has 0 atom stereocenters. The van der Waals surface area contributed by atoms with Gasteiger partial charge in [-0.05, 0) is 36.4 Å². The molecule has 5 nitrogen and oxygen atoms in total. The van der Waals surface area contributed by atoms with Gasteiger partial charge in [0.1, 0.15) is 5.76 Å². The summed E-state index contributed by atoms with van der Waals surface area (Å²) in [6, 6.07) is 14.9. The summed E-state index contributed by atoms with van der Waals surface area (Å²) in [5.41, 5.74) is 1.92. The van der Waals surface area contributed by atoms with Crippen LogP contribution in [0.5, 0.6) is 0 Å². The summed E-state index contributed by atoms with van der Waals surface area (Å²) in [5.74, 6) is 0.865. The molecule has 1 aromatic carbocycles. The first kappa shape index (κ1) is 16.7. The molecular formula is C20H18ClN3O2. The van der Waals surface area contributed by atoms with Gasteiger partial charge in [-0.2, -0.15) is 0 Å². The van der Waals surface area contributed by atoms with E-state index >= 15 is 0 Å². The van der Waals surface area contributed by atoms with E-state index in [2.05, 4.69) is 9.88 Å². The molecule has 2 aromatic heterocycles. The van der Waals surface area contributed by atoms with Gasteiger partial charge < -0.3 is 14.2 Å². The van der Waals surface area contributed by atoms with Gasteiger partial charge in [0.2, 0.25) is 0 Å². The van der Waals surface area contributed by atoms with Crippen molar-refractivity contribution in [2.45, 2.75) is 0 Å². The molecule has 0 aliphatic carbocycles. The Hall–Kier alpha value is -2.79. The third-order valence-corrected chi connectivity index (χ3v) is 4.88. The average Bonchev–Trinajstić information content (AvgIpc) is 3.18. The number of pyridine rings is 1. The van der Waals surface area contributed by atoms with E-state index in [1.54, 1.807) is 30.6 Å². The normalized spacial score (nSPS) is 14.5. The van der Waals surface area contributed by atoms with Crippen molar-refractivity contribution in [2.75, 3.05) is 31.1 Å². The molecule has 0 bridgehead atoms. The van der Waals surface area contributed by atoms with E-state index in [0.717, 1.165) is 24.3 Å². The highest BCUT2D eigenvalue weighted by molar-refractivity contribution is 6.33. The van der Waals surface area contributed by atoms with Crippen LogP contribution in [0.2, 0.25) is 5.02 Å². The van der Waals surface area contributed by atoms with Crippen LogP contribution in [0.3, 0.4) is 0 Å². The van der Waals surface area contributed by atoms with E-state index < -0.39 is 0 Å². The molecule has 132 valence electrons. The molecular weight excluding hydrogens is 350 g/mol. The Bertz CT molecular complexity index is 902. The number of rotatable bonds is 3. The van der Waals surface area contributed by atoms with Gasteiger partial charge in [0, 0.05) is 49.8 Å². The quantitative estimate of drug-likeness (QED) is 0.703. The Labute approximate surface area is 156 Å². The molecule has 3 heterocycles. The van der Waals surface area contributed by atoms with Gasteiger partial charge in [0.05, 0.1) is 5.02 Å². The van der Waals surface area contributed by atoms with Gasteiger partial charge in [0.25, 0.3) is 5.91 Å². The summed E-state index contributed by atoms with van der Waals surface area (Å²) in [5, 5.41) is 0.604. The van der Waals surface area contributed by atoms with Crippen LogP contribution in [0.4, 0.5) is 5.69 Å². The zero-order chi connectivity index (χ0) is 17.9. The summed E-state index contributed by atoms with van der Waals surface area (Å²) < 4.78 is 5.78. The third kappa shape index (κ3) is 3.30. The smallest absolute Gasteiger partial charge is 0.289 e. The summed E-state index contributed by atoms with van der Waals surface area (Å²) in [7, 11) is 0. The van der Waals surface area contributed by atoms with E-state index in [9.17, 15) is 4.79 Å². The van der Waals surface area contributed by atoms with Gasteiger partial charge in [-0.25, -0.2) is 0 Å². The lowest BCUT2D eigenvalue weighted by atomic mass is 10.2. The van der Waals surface area contributed by atoms with Crippen LogP contribution in [0.15, 0.2) is 65.3 Å². The minimum atomic E-state index is -0.0855. The van der Waals surface area contributed by atoms with Crippen molar-refractivity contribution >= 4 is 23.2 Å². The molecule has 26 heavy (non-hydrogen) atoms. The van der Waals surface area contributed by atoms with E-state index in [1.165, 1.54) is 0 Å². The van der Waals surface area contributed by atoms with Crippen LogP contribution >= 0.6 is 11.6 Å². The number of halogens is 1. The fraction of sp³-hybridized carbons (Fsp3) is 0.200. The second kappa shape index (κ2) is 7.22. The summed E-state index contributed by atoms with van der Waals surface area (Å²) in [4.78, 5) is 20.9. The summed E-state index contributed by atoms with van der Waals surface area (Å²) in [6.45, 7) is 2.88. The first-order valence-electron chi connectivity index (χ1n) is 8.51. The van der Waals surface area contributed by atoms with Gasteiger partial charge in [-0.1, -0.05) is 23.7 Å². The molecule has 0 saturated carbocycles. The fourth-order valence-corrected chi connectivity index (χ4v) is 3.37. The fourth-order valence-electron chi connectivity index (χ4n) is 3.14. The van der Waals surface area contributed by atoms with Crippen molar-refractivity contribution < 1.29 is 9.21 Å². The number of hydrogen-bond donors (Lipinski definition) is 0. The zero-order valence-corrected chi connectivity index (χ0v) is 14.9. The number of anilines is 1. The van der Waals surface area contributed by atoms with Gasteiger partial charge in [-0.3, -0.25) is 9.78 Å². The SMILES string of the molecule is O=C(c1ccc(-c2ccccc2Cl)o1)N1CCN(c2ccncc2)CC1. The van der Waals surface area contributed by atoms with Crippen molar-refractivity contribution in [2.24, 2.45) is 0 Å². The minimum Gasteiger partial charge on any atom is -0.451 e. The van der Waals surface area contributed by atoms with Crippen molar-refractivity contribution in [3.63, 3.8) is 0 Å². The Morgan fingerprint density at radius 3 is 2.42 bits per heavy atom. The monoisotopic (exact) mass is 367 g/mol. The van der Waals surface area contributed by atoms with Crippen LogP contribution in [0.25, 0.3) is 11.3 Å². The van der Waals surface area contributed by atoms with Crippen LogP contribution in [0, 0.1) is 0 Å². The first-order valence-corrected chi connectivity index (χ1v) is 8.89.